The van der Waals surface area contributed by atoms with Crippen LogP contribution in [0.4, 0.5) is 0 Å². The molecule has 1 atom stereocenters. The lowest BCUT2D eigenvalue weighted by molar-refractivity contribution is -0.119. The zero-order chi connectivity index (χ0) is 20.8. The quantitative estimate of drug-likeness (QED) is 0.495. The van der Waals surface area contributed by atoms with Gasteiger partial charge in [0.05, 0.1) is 18.5 Å². The second-order valence-electron chi connectivity index (χ2n) is 7.78. The summed E-state index contributed by atoms with van der Waals surface area (Å²) in [6.07, 6.45) is 0.0303. The largest absolute Gasteiger partial charge is 0.374 e. The molecule has 1 saturated heterocycles. The van der Waals surface area contributed by atoms with Crippen molar-refractivity contribution in [3.05, 3.63) is 29.8 Å². The maximum atomic E-state index is 12.2. The Bertz CT molecular complexity index is 808. The zero-order valence-corrected chi connectivity index (χ0v) is 18.1. The topological polar surface area (TPSA) is 98.3 Å². The van der Waals surface area contributed by atoms with E-state index >= 15 is 0 Å². The molecule has 0 saturated carbocycles. The number of nitrogen functional groups attached to an aromatic ring is 1. The number of hydrogen-bond acceptors (Lipinski definition) is 7. The van der Waals surface area contributed by atoms with Crippen molar-refractivity contribution in [2.45, 2.75) is 32.0 Å². The Balaban J connectivity index is 1.45. The van der Waals surface area contributed by atoms with Gasteiger partial charge in [0.1, 0.15) is 0 Å². The molecule has 0 bridgehead atoms. The summed E-state index contributed by atoms with van der Waals surface area (Å²) >= 11 is 1.27. The van der Waals surface area contributed by atoms with Gasteiger partial charge in [0.15, 0.2) is 5.82 Å². The Labute approximate surface area is 176 Å². The summed E-state index contributed by atoms with van der Waals surface area (Å²) < 4.78 is 7.20. The minimum atomic E-state index is -0.0699. The van der Waals surface area contributed by atoms with Gasteiger partial charge in [-0.1, -0.05) is 55.4 Å². The molecule has 1 aromatic carbocycles. The summed E-state index contributed by atoms with van der Waals surface area (Å²) in [4.78, 5) is 14.6. The number of nitrogens with zero attached hydrogens (tertiary/aromatic N) is 4. The third kappa shape index (κ3) is 6.19. The van der Waals surface area contributed by atoms with Gasteiger partial charge < -0.3 is 15.9 Å². The molecule has 1 fully saturated rings. The second kappa shape index (κ2) is 10.1. The van der Waals surface area contributed by atoms with Crippen LogP contribution in [-0.2, 0) is 9.53 Å². The third-order valence-electron chi connectivity index (χ3n) is 4.68. The number of carbonyl (C=O) groups is 1. The zero-order valence-electron chi connectivity index (χ0n) is 17.3. The molecular weight excluding hydrogens is 388 g/mol. The third-order valence-corrected chi connectivity index (χ3v) is 5.62. The van der Waals surface area contributed by atoms with Crippen LogP contribution >= 0.6 is 11.8 Å². The highest BCUT2D eigenvalue weighted by atomic mass is 32.2. The van der Waals surface area contributed by atoms with Crippen LogP contribution in [0.15, 0.2) is 29.4 Å². The minimum Gasteiger partial charge on any atom is -0.374 e. The molecule has 158 valence electrons. The Morgan fingerprint density at radius 2 is 2.10 bits per heavy atom. The first-order valence-corrected chi connectivity index (χ1v) is 10.9. The molecule has 3 N–H and O–H groups in total. The highest BCUT2D eigenvalue weighted by Crippen LogP contribution is 2.21. The van der Waals surface area contributed by atoms with Crippen molar-refractivity contribution < 1.29 is 9.53 Å². The van der Waals surface area contributed by atoms with Gasteiger partial charge in [0.2, 0.25) is 11.1 Å². The van der Waals surface area contributed by atoms with Crippen LogP contribution in [0.2, 0.25) is 0 Å². The summed E-state index contributed by atoms with van der Waals surface area (Å²) in [7, 11) is 0. The molecule has 8 nitrogen and oxygen atoms in total. The number of nitrogens with two attached hydrogens (primary N) is 1. The van der Waals surface area contributed by atoms with Crippen molar-refractivity contribution in [1.29, 1.82) is 0 Å². The van der Waals surface area contributed by atoms with Crippen molar-refractivity contribution >= 4 is 17.7 Å². The number of amides is 1. The molecule has 1 unspecified atom stereocenters. The van der Waals surface area contributed by atoms with E-state index < -0.39 is 0 Å². The molecule has 0 radical (unpaired) electrons. The average molecular weight is 419 g/mol. The lowest BCUT2D eigenvalue weighted by Crippen LogP contribution is -2.48. The normalized spacial score (nSPS) is 17.6. The first kappa shape index (κ1) is 21.6. The smallest absolute Gasteiger partial charge is 0.230 e. The highest BCUT2D eigenvalue weighted by molar-refractivity contribution is 7.99. The minimum absolute atomic E-state index is 0.0303. The number of morpholine rings is 1. The molecule has 1 amide bonds. The molecule has 0 spiro atoms. The van der Waals surface area contributed by atoms with Crippen molar-refractivity contribution in [2.75, 3.05) is 44.4 Å². The number of nitrogens with one attached hydrogen (secondary N) is 1. The average Bonchev–Trinajstić information content (AvgIpc) is 3.05. The van der Waals surface area contributed by atoms with Gasteiger partial charge in [-0.15, -0.1) is 10.2 Å². The molecule has 29 heavy (non-hydrogen) atoms. The van der Waals surface area contributed by atoms with Gasteiger partial charge in [0, 0.05) is 31.7 Å². The molecule has 2 heterocycles. The van der Waals surface area contributed by atoms with E-state index in [1.165, 1.54) is 16.4 Å². The fourth-order valence-electron chi connectivity index (χ4n) is 3.27. The lowest BCUT2D eigenvalue weighted by Gasteiger charge is -2.33. The Morgan fingerprint density at radius 3 is 2.83 bits per heavy atom. The van der Waals surface area contributed by atoms with Crippen molar-refractivity contribution in [3.63, 3.8) is 0 Å². The second-order valence-corrected chi connectivity index (χ2v) is 8.72. The number of rotatable bonds is 8. The van der Waals surface area contributed by atoms with E-state index in [1.54, 1.807) is 0 Å². The first-order valence-electron chi connectivity index (χ1n) is 9.93. The van der Waals surface area contributed by atoms with Gasteiger partial charge in [-0.05, 0) is 12.8 Å². The standard InChI is InChI=1S/C20H30N6O2S/c1-14(2)11-25-8-9-28-17(12-25)10-22-18(27)13-29-20-24-23-19(26(20)21)16-6-4-15(3)5-7-16/h4-7,14,17H,8-13,21H2,1-3H3,(H,22,27). The fourth-order valence-corrected chi connectivity index (χ4v) is 3.96. The Morgan fingerprint density at radius 1 is 1.34 bits per heavy atom. The van der Waals surface area contributed by atoms with E-state index in [-0.39, 0.29) is 17.8 Å². The molecule has 3 rings (SSSR count). The Hall–Kier alpha value is -2.10. The summed E-state index contributed by atoms with van der Waals surface area (Å²) in [5.41, 5.74) is 2.06. The maximum absolute atomic E-state index is 12.2. The molecule has 2 aromatic rings. The maximum Gasteiger partial charge on any atom is 0.230 e. The van der Waals surface area contributed by atoms with Crippen molar-refractivity contribution in [3.8, 4) is 11.4 Å². The predicted octanol–water partition coefficient (Wildman–Crippen LogP) is 1.53. The number of hydrogen-bond donors (Lipinski definition) is 2. The van der Waals surface area contributed by atoms with E-state index in [9.17, 15) is 4.79 Å². The predicted molar refractivity (Wildman–Crippen MR) is 115 cm³/mol. The van der Waals surface area contributed by atoms with Crippen LogP contribution in [0, 0.1) is 12.8 Å². The van der Waals surface area contributed by atoms with Crippen LogP contribution in [0.25, 0.3) is 11.4 Å². The molecule has 9 heteroatoms. The number of thioether (sulfide) groups is 1. The van der Waals surface area contributed by atoms with Crippen molar-refractivity contribution in [2.24, 2.45) is 5.92 Å². The molecule has 0 aliphatic carbocycles. The number of ether oxygens (including phenoxy) is 1. The SMILES string of the molecule is Cc1ccc(-c2nnc(SCC(=O)NCC3CN(CC(C)C)CCO3)n2N)cc1. The molecule has 1 aliphatic rings. The van der Waals surface area contributed by atoms with E-state index in [2.05, 4.69) is 34.3 Å². The van der Waals surface area contributed by atoms with E-state index in [1.807, 2.05) is 31.2 Å². The summed E-state index contributed by atoms with van der Waals surface area (Å²) in [6.45, 7) is 10.5. The van der Waals surface area contributed by atoms with Gasteiger partial charge in [-0.3, -0.25) is 9.69 Å². The summed E-state index contributed by atoms with van der Waals surface area (Å²) in [5, 5.41) is 11.7. The van der Waals surface area contributed by atoms with E-state index in [4.69, 9.17) is 10.6 Å². The van der Waals surface area contributed by atoms with E-state index in [0.717, 1.165) is 30.8 Å². The van der Waals surface area contributed by atoms with Crippen LogP contribution < -0.4 is 11.2 Å². The van der Waals surface area contributed by atoms with Gasteiger partial charge in [0.25, 0.3) is 0 Å². The molecule has 1 aliphatic heterocycles. The summed E-state index contributed by atoms with van der Waals surface area (Å²) in [6, 6.07) is 7.91. The van der Waals surface area contributed by atoms with Gasteiger partial charge in [-0.2, -0.15) is 0 Å². The lowest BCUT2D eigenvalue weighted by atomic mass is 10.1. The molecule has 1 aromatic heterocycles. The number of benzene rings is 1. The van der Waals surface area contributed by atoms with Gasteiger partial charge >= 0.3 is 0 Å². The van der Waals surface area contributed by atoms with Gasteiger partial charge in [-0.25, -0.2) is 4.68 Å². The van der Waals surface area contributed by atoms with Crippen LogP contribution in [-0.4, -0.2) is 70.3 Å². The van der Waals surface area contributed by atoms with Crippen LogP contribution in [0.3, 0.4) is 0 Å². The number of aromatic nitrogens is 3. The number of carbonyl (C=O) groups excluding carboxylic acids is 1. The fraction of sp³-hybridized carbons (Fsp3) is 0.550. The molecular formula is C20H30N6O2S. The van der Waals surface area contributed by atoms with E-state index in [0.29, 0.717) is 30.1 Å². The Kier molecular flexibility index (Phi) is 7.51. The summed E-state index contributed by atoms with van der Waals surface area (Å²) in [5.74, 6) is 7.48. The first-order chi connectivity index (χ1) is 13.9. The monoisotopic (exact) mass is 418 g/mol. The number of aryl methyl sites for hydroxylation is 1. The highest BCUT2D eigenvalue weighted by Gasteiger charge is 2.21. The van der Waals surface area contributed by atoms with Crippen LogP contribution in [0.5, 0.6) is 0 Å². The van der Waals surface area contributed by atoms with Crippen molar-refractivity contribution in [1.82, 2.24) is 25.1 Å². The van der Waals surface area contributed by atoms with Crippen LogP contribution in [0.1, 0.15) is 19.4 Å².